The molecule has 3 nitrogen and oxygen atoms in total. The van der Waals surface area contributed by atoms with E-state index in [4.69, 9.17) is 0 Å². The second-order valence-electron chi connectivity index (χ2n) is 15.1. The topological polar surface area (TPSA) is 23.6 Å². The van der Waals surface area contributed by atoms with Crippen LogP contribution in [0, 0.1) is 0 Å². The highest BCUT2D eigenvalue weighted by Gasteiger charge is 2.25. The first kappa shape index (κ1) is 39.8. The van der Waals surface area contributed by atoms with Crippen LogP contribution < -0.4 is 9.80 Å². The number of anilines is 4. The molecule has 7 rings (SSSR count). The molecule has 0 unspecified atom stereocenters. The second kappa shape index (κ2) is 20.1. The van der Waals surface area contributed by atoms with Crippen molar-refractivity contribution in [3.63, 3.8) is 0 Å². The molecular formula is C51H56N2OS2. The summed E-state index contributed by atoms with van der Waals surface area (Å²) >= 11 is 3.78. The van der Waals surface area contributed by atoms with Gasteiger partial charge in [0.15, 0.2) is 0 Å². The summed E-state index contributed by atoms with van der Waals surface area (Å²) in [7, 11) is 0. The Kier molecular flexibility index (Phi) is 14.3. The summed E-state index contributed by atoms with van der Waals surface area (Å²) in [5, 5.41) is 0. The third kappa shape index (κ3) is 10.1. The van der Waals surface area contributed by atoms with Crippen molar-refractivity contribution in [2.24, 2.45) is 0 Å². The molecule has 2 heterocycles. The van der Waals surface area contributed by atoms with E-state index in [0.29, 0.717) is 5.56 Å². The molecule has 2 aliphatic rings. The van der Waals surface area contributed by atoms with Gasteiger partial charge >= 0.3 is 0 Å². The van der Waals surface area contributed by atoms with Crippen LogP contribution >= 0.6 is 23.5 Å². The minimum absolute atomic E-state index is 0.698. The number of carbonyl (C=O) groups is 1. The molecule has 0 aromatic heterocycles. The van der Waals surface area contributed by atoms with Crippen LogP contribution in [-0.4, -0.2) is 19.4 Å². The van der Waals surface area contributed by atoms with Crippen molar-refractivity contribution in [2.45, 2.75) is 110 Å². The van der Waals surface area contributed by atoms with E-state index in [-0.39, 0.29) is 0 Å². The SMILES string of the molecule is CCCCCCCCN1c2ccccc2Sc2cc(/C=C/c3ccc4c(c3)Sc3cc(/C=C/c5ccc(C=O)cc5)ccc3N4CCCCCCCC)ccc21. The summed E-state index contributed by atoms with van der Waals surface area (Å²) in [6.07, 6.45) is 25.3. The molecule has 0 saturated carbocycles. The maximum absolute atomic E-state index is 11.1. The standard InChI is InChI=1S/C51H56N2OS2/c1-3-5-7-9-11-15-33-52-44-17-13-14-18-48(44)55-49-35-41(28-30-45(49)52)23-24-42-29-32-47-51(37-42)56-50-36-40(22-19-39-20-25-43(38-54)26-21-39)27-31-46(50)53(47)34-16-12-10-8-6-4-2/h13-14,17-32,35-38H,3-12,15-16,33-34H2,1-2H3/b22-19+,24-23+. The third-order valence-corrected chi connectivity index (χ3v) is 13.1. The molecule has 5 heteroatoms. The van der Waals surface area contributed by atoms with E-state index in [1.54, 1.807) is 0 Å². The summed E-state index contributed by atoms with van der Waals surface area (Å²) in [6.45, 7) is 6.65. The number of carbonyl (C=O) groups excluding carboxylic acids is 1. The third-order valence-electron chi connectivity index (χ3n) is 10.9. The first-order valence-corrected chi connectivity index (χ1v) is 22.6. The Morgan fingerprint density at radius 3 is 1.27 bits per heavy atom. The fraction of sp³-hybridized carbons (Fsp3) is 0.314. The Morgan fingerprint density at radius 1 is 0.411 bits per heavy atom. The largest absolute Gasteiger partial charge is 0.340 e. The smallest absolute Gasteiger partial charge is 0.150 e. The molecule has 0 N–H and O–H groups in total. The highest BCUT2D eigenvalue weighted by molar-refractivity contribution is 8.00. The van der Waals surface area contributed by atoms with Gasteiger partial charge in [0, 0.05) is 38.2 Å². The first-order chi connectivity index (χ1) is 27.6. The summed E-state index contributed by atoms with van der Waals surface area (Å²) in [6, 6.07) is 37.5. The molecule has 0 radical (unpaired) electrons. The molecule has 0 spiro atoms. The van der Waals surface area contributed by atoms with Crippen molar-refractivity contribution in [1.29, 1.82) is 0 Å². The Labute approximate surface area is 344 Å². The monoisotopic (exact) mass is 776 g/mol. The van der Waals surface area contributed by atoms with E-state index in [0.717, 1.165) is 24.9 Å². The van der Waals surface area contributed by atoms with E-state index in [9.17, 15) is 4.79 Å². The van der Waals surface area contributed by atoms with Crippen LogP contribution in [-0.2, 0) is 0 Å². The van der Waals surface area contributed by atoms with E-state index >= 15 is 0 Å². The lowest BCUT2D eigenvalue weighted by molar-refractivity contribution is 0.112. The number of hydrogen-bond acceptors (Lipinski definition) is 5. The van der Waals surface area contributed by atoms with Crippen LogP contribution in [0.3, 0.4) is 0 Å². The number of fused-ring (bicyclic) bond motifs is 4. The molecule has 2 aliphatic heterocycles. The van der Waals surface area contributed by atoms with E-state index in [1.165, 1.54) is 136 Å². The van der Waals surface area contributed by atoms with Gasteiger partial charge in [0.25, 0.3) is 0 Å². The van der Waals surface area contributed by atoms with Gasteiger partial charge in [-0.25, -0.2) is 0 Å². The molecule has 0 atom stereocenters. The molecule has 288 valence electrons. The zero-order valence-electron chi connectivity index (χ0n) is 33.2. The van der Waals surface area contributed by atoms with Gasteiger partial charge in [-0.1, -0.05) is 180 Å². The lowest BCUT2D eigenvalue weighted by atomic mass is 10.1. The molecule has 5 aromatic rings. The quantitative estimate of drug-likeness (QED) is 0.0472. The van der Waals surface area contributed by atoms with E-state index < -0.39 is 0 Å². The lowest BCUT2D eigenvalue weighted by Gasteiger charge is -2.33. The van der Waals surface area contributed by atoms with Crippen molar-refractivity contribution in [3.8, 4) is 0 Å². The number of aldehydes is 1. The molecule has 0 amide bonds. The number of hydrogen-bond donors (Lipinski definition) is 0. The minimum Gasteiger partial charge on any atom is -0.340 e. The zero-order chi connectivity index (χ0) is 38.5. The maximum Gasteiger partial charge on any atom is 0.150 e. The van der Waals surface area contributed by atoms with Crippen molar-refractivity contribution in [3.05, 3.63) is 131 Å². The summed E-state index contributed by atoms with van der Waals surface area (Å²) in [5.74, 6) is 0. The lowest BCUT2D eigenvalue weighted by Crippen LogP contribution is -2.22. The van der Waals surface area contributed by atoms with Crippen LogP contribution in [0.15, 0.2) is 123 Å². The average Bonchev–Trinajstić information content (AvgIpc) is 3.23. The first-order valence-electron chi connectivity index (χ1n) is 21.0. The highest BCUT2D eigenvalue weighted by atomic mass is 32.2. The highest BCUT2D eigenvalue weighted by Crippen LogP contribution is 2.50. The molecule has 0 fully saturated rings. The van der Waals surface area contributed by atoms with Crippen molar-refractivity contribution in [2.75, 3.05) is 22.9 Å². The van der Waals surface area contributed by atoms with Gasteiger partial charge in [0.1, 0.15) is 6.29 Å². The molecule has 0 aliphatic carbocycles. The van der Waals surface area contributed by atoms with Crippen LogP contribution in [0.2, 0.25) is 0 Å². The van der Waals surface area contributed by atoms with Crippen LogP contribution in [0.4, 0.5) is 22.7 Å². The van der Waals surface area contributed by atoms with Crippen LogP contribution in [0.25, 0.3) is 24.3 Å². The normalized spacial score (nSPS) is 13.2. The van der Waals surface area contributed by atoms with Crippen LogP contribution in [0.1, 0.15) is 124 Å². The van der Waals surface area contributed by atoms with Gasteiger partial charge in [0.05, 0.1) is 22.7 Å². The fourth-order valence-corrected chi connectivity index (χ4v) is 10.1. The minimum atomic E-state index is 0.698. The molecule has 56 heavy (non-hydrogen) atoms. The molecule has 0 saturated heterocycles. The van der Waals surface area contributed by atoms with E-state index in [1.807, 2.05) is 47.8 Å². The number of benzene rings is 5. The fourth-order valence-electron chi connectivity index (χ4n) is 7.73. The Hall–Kier alpha value is -4.45. The van der Waals surface area contributed by atoms with Gasteiger partial charge in [0.2, 0.25) is 0 Å². The summed E-state index contributed by atoms with van der Waals surface area (Å²) in [4.78, 5) is 21.5. The number of nitrogens with zero attached hydrogens (tertiary/aromatic N) is 2. The Morgan fingerprint density at radius 2 is 0.786 bits per heavy atom. The predicted octanol–water partition coefficient (Wildman–Crippen LogP) is 15.8. The van der Waals surface area contributed by atoms with Gasteiger partial charge < -0.3 is 9.80 Å². The van der Waals surface area contributed by atoms with Gasteiger partial charge in [-0.15, -0.1) is 0 Å². The molecule has 0 bridgehead atoms. The van der Waals surface area contributed by atoms with Crippen molar-refractivity contribution < 1.29 is 4.79 Å². The maximum atomic E-state index is 11.1. The molecular weight excluding hydrogens is 721 g/mol. The average molecular weight is 777 g/mol. The Bertz CT molecular complexity index is 2140. The van der Waals surface area contributed by atoms with Gasteiger partial charge in [-0.3, -0.25) is 4.79 Å². The zero-order valence-corrected chi connectivity index (χ0v) is 34.9. The predicted molar refractivity (Wildman–Crippen MR) is 244 cm³/mol. The number of rotatable bonds is 19. The van der Waals surface area contributed by atoms with Gasteiger partial charge in [-0.05, 0) is 83.6 Å². The van der Waals surface area contributed by atoms with E-state index in [2.05, 4.69) is 127 Å². The van der Waals surface area contributed by atoms with Gasteiger partial charge in [-0.2, -0.15) is 0 Å². The summed E-state index contributed by atoms with van der Waals surface area (Å²) in [5.41, 5.74) is 10.7. The molecule has 5 aromatic carbocycles. The van der Waals surface area contributed by atoms with Crippen molar-refractivity contribution >= 4 is 76.9 Å². The summed E-state index contributed by atoms with van der Waals surface area (Å²) < 4.78 is 0. The Balaban J connectivity index is 1.09. The van der Waals surface area contributed by atoms with Crippen molar-refractivity contribution in [1.82, 2.24) is 0 Å². The second-order valence-corrected chi connectivity index (χ2v) is 17.3. The number of unbranched alkanes of at least 4 members (excludes halogenated alkanes) is 10. The van der Waals surface area contributed by atoms with Crippen LogP contribution in [0.5, 0.6) is 0 Å². The number of para-hydroxylation sites is 1.